The molecule has 6 rings (SSSR count). The topological polar surface area (TPSA) is 111 Å². The fourth-order valence-electron chi connectivity index (χ4n) is 4.74. The molecule has 1 saturated carbocycles. The van der Waals surface area contributed by atoms with Gasteiger partial charge >= 0.3 is 0 Å². The molecule has 2 aromatic carbocycles. The van der Waals surface area contributed by atoms with Crippen molar-refractivity contribution in [1.29, 1.82) is 0 Å². The second-order valence-corrected chi connectivity index (χ2v) is 8.94. The van der Waals surface area contributed by atoms with Crippen LogP contribution in [0.3, 0.4) is 0 Å². The number of hydrogen-bond donors (Lipinski definition) is 2. The smallest absolute Gasteiger partial charge is 0.266 e. The van der Waals surface area contributed by atoms with Gasteiger partial charge < -0.3 is 15.0 Å². The van der Waals surface area contributed by atoms with Crippen molar-refractivity contribution in [3.8, 4) is 11.4 Å². The normalized spacial score (nSPS) is 14.4. The fourth-order valence-corrected chi connectivity index (χ4v) is 4.74. The third-order valence-electron chi connectivity index (χ3n) is 6.58. The van der Waals surface area contributed by atoms with Gasteiger partial charge in [-0.15, -0.1) is 0 Å². The van der Waals surface area contributed by atoms with Crippen molar-refractivity contribution >= 4 is 27.9 Å². The first-order chi connectivity index (χ1) is 17.1. The molecule has 35 heavy (non-hydrogen) atoms. The van der Waals surface area contributed by atoms with Crippen LogP contribution in [-0.4, -0.2) is 36.6 Å². The number of rotatable bonds is 6. The van der Waals surface area contributed by atoms with Crippen LogP contribution in [0.5, 0.6) is 5.75 Å². The lowest BCUT2D eigenvalue weighted by molar-refractivity contribution is 0.407. The molecule has 0 amide bonds. The van der Waals surface area contributed by atoms with Crippen LogP contribution in [0.2, 0.25) is 0 Å². The van der Waals surface area contributed by atoms with Gasteiger partial charge in [-0.1, -0.05) is 24.3 Å². The average Bonchev–Trinajstić information content (AvgIpc) is 3.59. The van der Waals surface area contributed by atoms with E-state index in [1.54, 1.807) is 18.0 Å². The molecule has 2 N–H and O–H groups in total. The van der Waals surface area contributed by atoms with Gasteiger partial charge in [-0.05, 0) is 55.9 Å². The molecule has 1 aliphatic carbocycles. The van der Waals surface area contributed by atoms with Gasteiger partial charge in [0.05, 0.1) is 36.1 Å². The largest absolute Gasteiger partial charge is 0.494 e. The van der Waals surface area contributed by atoms with Crippen molar-refractivity contribution < 1.29 is 4.74 Å². The van der Waals surface area contributed by atoms with Crippen LogP contribution in [0, 0.1) is 6.92 Å². The van der Waals surface area contributed by atoms with E-state index in [4.69, 9.17) is 9.72 Å². The van der Waals surface area contributed by atoms with Crippen LogP contribution in [0.1, 0.15) is 48.7 Å². The van der Waals surface area contributed by atoms with Gasteiger partial charge in [0.1, 0.15) is 23.4 Å². The number of hydrogen-bond acceptors (Lipinski definition) is 7. The van der Waals surface area contributed by atoms with Gasteiger partial charge in [0, 0.05) is 0 Å². The molecule has 1 fully saturated rings. The molecule has 1 unspecified atom stereocenters. The Morgan fingerprint density at radius 2 is 1.97 bits per heavy atom. The monoisotopic (exact) mass is 467 g/mol. The van der Waals surface area contributed by atoms with Crippen LogP contribution in [-0.2, 0) is 0 Å². The summed E-state index contributed by atoms with van der Waals surface area (Å²) in [6, 6.07) is 11.4. The number of imidazole rings is 1. The molecule has 0 radical (unpaired) electrons. The van der Waals surface area contributed by atoms with Crippen molar-refractivity contribution in [3.63, 3.8) is 0 Å². The van der Waals surface area contributed by atoms with Gasteiger partial charge in [-0.25, -0.2) is 19.9 Å². The van der Waals surface area contributed by atoms with Crippen molar-refractivity contribution in [2.45, 2.75) is 38.6 Å². The fraction of sp³-hybridized carbons (Fsp3) is 0.269. The standard InChI is InChI=1S/C26H25N7O2/c1-14-6-4-8-18-20(14)26(34)33(19-9-5-7-17(16-10-11-16)22(19)35-3)25(32-18)15(2)31-24-21-23(28-12-27-21)29-13-30-24/h4-9,12-13,15-16H,10-11H2,1-3H3,(H2,27,28,29,30,31). The number of aromatic nitrogens is 6. The molecule has 176 valence electrons. The molecule has 0 saturated heterocycles. The Balaban J connectivity index is 1.58. The number of fused-ring (bicyclic) bond motifs is 2. The number of nitrogens with one attached hydrogen (secondary N) is 2. The first-order valence-corrected chi connectivity index (χ1v) is 11.7. The lowest BCUT2D eigenvalue weighted by atomic mass is 10.1. The first-order valence-electron chi connectivity index (χ1n) is 11.7. The highest BCUT2D eigenvalue weighted by Crippen LogP contribution is 2.46. The van der Waals surface area contributed by atoms with Crippen LogP contribution in [0.15, 0.2) is 53.8 Å². The number of ether oxygens (including phenoxy) is 1. The number of anilines is 1. The van der Waals surface area contributed by atoms with E-state index in [-0.39, 0.29) is 11.6 Å². The molecule has 0 spiro atoms. The highest BCUT2D eigenvalue weighted by Gasteiger charge is 2.29. The number of nitrogens with zero attached hydrogens (tertiary/aromatic N) is 5. The van der Waals surface area contributed by atoms with E-state index in [9.17, 15) is 4.79 Å². The molecule has 9 nitrogen and oxygen atoms in total. The predicted molar refractivity (Wildman–Crippen MR) is 134 cm³/mol. The van der Waals surface area contributed by atoms with E-state index in [0.717, 1.165) is 29.7 Å². The molecular formula is C26H25N7O2. The van der Waals surface area contributed by atoms with E-state index >= 15 is 0 Å². The number of H-pyrrole nitrogens is 1. The van der Waals surface area contributed by atoms with Gasteiger partial charge in [-0.3, -0.25) is 9.36 Å². The number of methoxy groups -OCH3 is 1. The molecule has 9 heteroatoms. The zero-order valence-corrected chi connectivity index (χ0v) is 19.7. The Hall–Kier alpha value is -4.27. The quantitative estimate of drug-likeness (QED) is 0.380. The summed E-state index contributed by atoms with van der Waals surface area (Å²) in [6.07, 6.45) is 5.30. The minimum Gasteiger partial charge on any atom is -0.494 e. The van der Waals surface area contributed by atoms with Gasteiger partial charge in [0.2, 0.25) is 0 Å². The molecule has 3 heterocycles. The maximum Gasteiger partial charge on any atom is 0.266 e. The third-order valence-corrected chi connectivity index (χ3v) is 6.58. The Bertz CT molecular complexity index is 1630. The summed E-state index contributed by atoms with van der Waals surface area (Å²) in [6.45, 7) is 3.90. The van der Waals surface area contributed by atoms with E-state index in [1.165, 1.54) is 6.33 Å². The van der Waals surface area contributed by atoms with Crippen molar-refractivity contribution in [3.05, 3.63) is 76.4 Å². The SMILES string of the molecule is COc1c(C2CC2)cccc1-n1c(C(C)Nc2ncnc3nc[nH]c23)nc2cccc(C)c2c1=O. The Labute approximate surface area is 201 Å². The molecule has 0 bridgehead atoms. The predicted octanol–water partition coefficient (Wildman–Crippen LogP) is 4.42. The summed E-state index contributed by atoms with van der Waals surface area (Å²) in [5, 5.41) is 4.00. The molecule has 5 aromatic rings. The number of aryl methyl sites for hydroxylation is 1. The summed E-state index contributed by atoms with van der Waals surface area (Å²) in [5.74, 6) is 2.33. The maximum atomic E-state index is 14.1. The summed E-state index contributed by atoms with van der Waals surface area (Å²) in [7, 11) is 1.66. The van der Waals surface area contributed by atoms with Crippen molar-refractivity contribution in [2.24, 2.45) is 0 Å². The van der Waals surface area contributed by atoms with E-state index in [1.807, 2.05) is 44.2 Å². The average molecular weight is 468 g/mol. The van der Waals surface area contributed by atoms with Gasteiger partial charge in [0.25, 0.3) is 5.56 Å². The van der Waals surface area contributed by atoms with Crippen molar-refractivity contribution in [1.82, 2.24) is 29.5 Å². The zero-order chi connectivity index (χ0) is 24.1. The minimum atomic E-state index is -0.372. The molecule has 0 aliphatic heterocycles. The highest BCUT2D eigenvalue weighted by atomic mass is 16.5. The lowest BCUT2D eigenvalue weighted by Gasteiger charge is -2.22. The Morgan fingerprint density at radius 3 is 2.77 bits per heavy atom. The molecule has 1 atom stereocenters. The summed E-state index contributed by atoms with van der Waals surface area (Å²) in [5.41, 5.74) is 4.49. The number of benzene rings is 2. The Morgan fingerprint density at radius 1 is 1.14 bits per heavy atom. The van der Waals surface area contributed by atoms with Gasteiger partial charge in [-0.2, -0.15) is 0 Å². The van der Waals surface area contributed by atoms with Gasteiger partial charge in [0.15, 0.2) is 11.5 Å². The van der Waals surface area contributed by atoms with Crippen LogP contribution in [0.25, 0.3) is 27.8 Å². The first kappa shape index (κ1) is 21.3. The summed E-state index contributed by atoms with van der Waals surface area (Å²) < 4.78 is 7.57. The number of para-hydroxylation sites is 1. The number of aromatic amines is 1. The highest BCUT2D eigenvalue weighted by molar-refractivity contribution is 5.83. The third kappa shape index (κ3) is 3.51. The maximum absolute atomic E-state index is 14.1. The zero-order valence-electron chi connectivity index (χ0n) is 19.7. The van der Waals surface area contributed by atoms with E-state index in [0.29, 0.717) is 45.3 Å². The molecule has 1 aliphatic rings. The lowest BCUT2D eigenvalue weighted by Crippen LogP contribution is -2.28. The van der Waals surface area contributed by atoms with Crippen LogP contribution >= 0.6 is 0 Å². The van der Waals surface area contributed by atoms with E-state index < -0.39 is 0 Å². The second-order valence-electron chi connectivity index (χ2n) is 8.94. The van der Waals surface area contributed by atoms with Crippen LogP contribution in [0.4, 0.5) is 5.82 Å². The molecule has 3 aromatic heterocycles. The van der Waals surface area contributed by atoms with Crippen molar-refractivity contribution in [2.75, 3.05) is 12.4 Å². The second kappa shape index (κ2) is 8.19. The summed E-state index contributed by atoms with van der Waals surface area (Å²) in [4.78, 5) is 34.9. The van der Waals surface area contributed by atoms with E-state index in [2.05, 4.69) is 31.3 Å². The summed E-state index contributed by atoms with van der Waals surface area (Å²) >= 11 is 0. The van der Waals surface area contributed by atoms with Crippen LogP contribution < -0.4 is 15.6 Å². The minimum absolute atomic E-state index is 0.127. The molecular weight excluding hydrogens is 442 g/mol. The Kier molecular flexibility index (Phi) is 4.98.